The van der Waals surface area contributed by atoms with Gasteiger partial charge in [0.15, 0.2) is 0 Å². The molecule has 2 heterocycles. The van der Waals surface area contributed by atoms with E-state index >= 15 is 0 Å². The molecular weight excluding hydrogens is 496 g/mol. The monoisotopic (exact) mass is 528 g/mol. The number of aromatic nitrogens is 2. The fourth-order valence-corrected chi connectivity index (χ4v) is 5.37. The maximum Gasteiger partial charge on any atom is 0.243 e. The number of carbonyl (C=O) groups is 5. The molecule has 5 amide bonds. The molecule has 1 saturated heterocycles. The highest BCUT2D eigenvalue weighted by molar-refractivity contribution is 8.76. The number of nitrogens with zero attached hydrogens (tertiary/aromatic N) is 1. The normalized spacial score (nSPS) is 27.9. The van der Waals surface area contributed by atoms with Crippen LogP contribution in [0.5, 0.6) is 0 Å². The van der Waals surface area contributed by atoms with Gasteiger partial charge in [-0.1, -0.05) is 35.4 Å². The molecule has 9 N–H and O–H groups in total. The Balaban J connectivity index is 2.28. The summed E-state index contributed by atoms with van der Waals surface area (Å²) in [6.45, 7) is 4.92. The van der Waals surface area contributed by atoms with Gasteiger partial charge in [-0.15, -0.1) is 0 Å². The lowest BCUT2D eigenvalue weighted by Gasteiger charge is -2.26. The molecule has 0 bridgehead atoms. The quantitative estimate of drug-likeness (QED) is 0.210. The molecule has 35 heavy (non-hydrogen) atoms. The molecule has 194 valence electrons. The van der Waals surface area contributed by atoms with Crippen molar-refractivity contribution in [3.8, 4) is 0 Å². The van der Waals surface area contributed by atoms with Crippen molar-refractivity contribution in [3.63, 3.8) is 0 Å². The van der Waals surface area contributed by atoms with Crippen molar-refractivity contribution < 1.29 is 24.0 Å². The average Bonchev–Trinajstić information content (AvgIpc) is 3.30. The Morgan fingerprint density at radius 3 is 2.31 bits per heavy atom. The maximum atomic E-state index is 13.0. The van der Waals surface area contributed by atoms with Gasteiger partial charge in [-0.2, -0.15) is 0 Å². The van der Waals surface area contributed by atoms with Gasteiger partial charge in [0, 0.05) is 29.8 Å². The molecular formula is C20H32N8O5S2. The van der Waals surface area contributed by atoms with Gasteiger partial charge >= 0.3 is 0 Å². The Morgan fingerprint density at radius 1 is 1.03 bits per heavy atom. The summed E-state index contributed by atoms with van der Waals surface area (Å²) in [5, 5.41) is 10.4. The predicted octanol–water partition coefficient (Wildman–Crippen LogP) is -2.23. The van der Waals surface area contributed by atoms with E-state index in [0.717, 1.165) is 0 Å². The predicted molar refractivity (Wildman–Crippen MR) is 133 cm³/mol. The zero-order chi connectivity index (χ0) is 26.1. The molecule has 2 rings (SSSR count). The van der Waals surface area contributed by atoms with Crippen LogP contribution in [0, 0.1) is 5.92 Å². The number of H-pyrrole nitrogens is 1. The topological polar surface area (TPSA) is 214 Å². The molecule has 0 spiro atoms. The standard InChI is InChI=1S/C20H32N8O5S2/c1-9(2)15-20(33)27-14(16(22)29)7-35-34-6-12(21)18(31)26-13(4-11-5-23-8-24-11)19(32)25-10(3)17(30)28-15/h5,8-10,12-15H,4,6-7,21H2,1-3H3,(H2,22,29)(H,23,24)(H,25,32)(H,26,31)(H,27,33)(H,28,30)/t10-,12-,13-,14-,15-/m0/s1. The highest BCUT2D eigenvalue weighted by Crippen LogP contribution is 2.23. The summed E-state index contributed by atoms with van der Waals surface area (Å²) in [7, 11) is 2.44. The first-order valence-electron chi connectivity index (χ1n) is 11.0. The highest BCUT2D eigenvalue weighted by Gasteiger charge is 2.32. The number of imidazole rings is 1. The molecule has 15 heteroatoms. The van der Waals surface area contributed by atoms with Crippen molar-refractivity contribution in [1.29, 1.82) is 0 Å². The van der Waals surface area contributed by atoms with Crippen LogP contribution in [0.15, 0.2) is 12.5 Å². The van der Waals surface area contributed by atoms with Crippen LogP contribution < -0.4 is 32.7 Å². The molecule has 5 atom stereocenters. The molecule has 1 aromatic rings. The van der Waals surface area contributed by atoms with Gasteiger partial charge in [0.1, 0.15) is 24.2 Å². The minimum Gasteiger partial charge on any atom is -0.368 e. The van der Waals surface area contributed by atoms with Gasteiger partial charge in [-0.05, 0) is 12.8 Å². The summed E-state index contributed by atoms with van der Waals surface area (Å²) in [4.78, 5) is 69.9. The fraction of sp³-hybridized carbons (Fsp3) is 0.600. The van der Waals surface area contributed by atoms with Gasteiger partial charge in [0.2, 0.25) is 29.5 Å². The number of hydrogen-bond acceptors (Lipinski definition) is 9. The van der Waals surface area contributed by atoms with Crippen LogP contribution in [-0.4, -0.2) is 81.2 Å². The van der Waals surface area contributed by atoms with E-state index in [-0.39, 0.29) is 23.8 Å². The van der Waals surface area contributed by atoms with E-state index in [1.807, 2.05) is 0 Å². The molecule has 1 aliphatic heterocycles. The van der Waals surface area contributed by atoms with E-state index < -0.39 is 59.7 Å². The van der Waals surface area contributed by atoms with Crippen molar-refractivity contribution in [1.82, 2.24) is 31.2 Å². The SMILES string of the molecule is CC(C)[C@@H]1NC(=O)[C@H](C)NC(=O)[C@H](Cc2cnc[nH]2)NC(=O)[C@@H](N)CSSC[C@@H](C(N)=O)NC1=O. The van der Waals surface area contributed by atoms with Crippen LogP contribution in [0.4, 0.5) is 0 Å². The third kappa shape index (κ3) is 8.74. The largest absolute Gasteiger partial charge is 0.368 e. The van der Waals surface area contributed by atoms with Gasteiger partial charge in [-0.25, -0.2) is 4.98 Å². The number of amides is 5. The van der Waals surface area contributed by atoms with Crippen LogP contribution in [0.25, 0.3) is 0 Å². The molecule has 1 aromatic heterocycles. The number of carbonyl (C=O) groups excluding carboxylic acids is 5. The zero-order valence-electron chi connectivity index (χ0n) is 19.7. The van der Waals surface area contributed by atoms with E-state index in [9.17, 15) is 24.0 Å². The number of nitrogens with one attached hydrogen (secondary N) is 5. The number of primary amides is 1. The maximum absolute atomic E-state index is 13.0. The van der Waals surface area contributed by atoms with E-state index in [1.165, 1.54) is 41.0 Å². The van der Waals surface area contributed by atoms with E-state index in [0.29, 0.717) is 5.69 Å². The summed E-state index contributed by atoms with van der Waals surface area (Å²) in [5.41, 5.74) is 12.0. The van der Waals surface area contributed by atoms with Crippen LogP contribution in [-0.2, 0) is 30.4 Å². The van der Waals surface area contributed by atoms with Crippen LogP contribution in [0.3, 0.4) is 0 Å². The van der Waals surface area contributed by atoms with Gasteiger partial charge in [0.25, 0.3) is 0 Å². The van der Waals surface area contributed by atoms with Crippen LogP contribution >= 0.6 is 21.6 Å². The molecule has 0 radical (unpaired) electrons. The third-order valence-corrected chi connectivity index (χ3v) is 7.62. The first-order chi connectivity index (χ1) is 16.5. The minimum atomic E-state index is -1.03. The van der Waals surface area contributed by atoms with Crippen LogP contribution in [0.1, 0.15) is 26.5 Å². The summed E-state index contributed by atoms with van der Waals surface area (Å²) < 4.78 is 0. The van der Waals surface area contributed by atoms with E-state index in [2.05, 4.69) is 31.2 Å². The Hall–Kier alpha value is -2.78. The lowest BCUT2D eigenvalue weighted by atomic mass is 10.0. The number of aromatic amines is 1. The van der Waals surface area contributed by atoms with Crippen molar-refractivity contribution >= 4 is 51.1 Å². The van der Waals surface area contributed by atoms with Crippen LogP contribution in [0.2, 0.25) is 0 Å². The second-order valence-electron chi connectivity index (χ2n) is 8.44. The summed E-state index contributed by atoms with van der Waals surface area (Å²) in [6, 6.07) is -4.96. The lowest BCUT2D eigenvalue weighted by molar-refractivity contribution is -0.134. The second kappa shape index (κ2) is 13.3. The Kier molecular flexibility index (Phi) is 10.9. The van der Waals surface area contributed by atoms with E-state index in [1.54, 1.807) is 13.8 Å². The van der Waals surface area contributed by atoms with Crippen molar-refractivity contribution in [2.24, 2.45) is 17.4 Å². The molecule has 0 unspecified atom stereocenters. The lowest BCUT2D eigenvalue weighted by Crippen LogP contribution is -2.59. The smallest absolute Gasteiger partial charge is 0.243 e. The molecule has 0 saturated carbocycles. The summed E-state index contributed by atoms with van der Waals surface area (Å²) in [6.07, 6.45) is 3.06. The molecule has 0 aromatic carbocycles. The Morgan fingerprint density at radius 2 is 1.71 bits per heavy atom. The van der Waals surface area contributed by atoms with Crippen molar-refractivity contribution in [3.05, 3.63) is 18.2 Å². The van der Waals surface area contributed by atoms with Crippen molar-refractivity contribution in [2.45, 2.75) is 57.4 Å². The first-order valence-corrected chi connectivity index (χ1v) is 13.5. The average molecular weight is 529 g/mol. The van der Waals surface area contributed by atoms with Crippen molar-refractivity contribution in [2.75, 3.05) is 11.5 Å². The minimum absolute atomic E-state index is 0.0951. The third-order valence-electron chi connectivity index (χ3n) is 5.17. The highest BCUT2D eigenvalue weighted by atomic mass is 33.1. The first kappa shape index (κ1) is 28.5. The van der Waals surface area contributed by atoms with E-state index in [4.69, 9.17) is 11.5 Å². The zero-order valence-corrected chi connectivity index (χ0v) is 21.3. The molecule has 1 fully saturated rings. The van der Waals surface area contributed by atoms with Gasteiger partial charge < -0.3 is 37.7 Å². The van der Waals surface area contributed by atoms with Gasteiger partial charge in [-0.3, -0.25) is 24.0 Å². The number of nitrogens with two attached hydrogens (primary N) is 2. The molecule has 0 aliphatic carbocycles. The fourth-order valence-electron chi connectivity index (χ4n) is 3.07. The Labute approximate surface area is 210 Å². The number of hydrogen-bond donors (Lipinski definition) is 7. The van der Waals surface area contributed by atoms with Gasteiger partial charge in [0.05, 0.1) is 12.4 Å². The number of rotatable bonds is 4. The molecule has 13 nitrogen and oxygen atoms in total. The molecule has 1 aliphatic rings. The Bertz CT molecular complexity index is 913. The summed E-state index contributed by atoms with van der Waals surface area (Å²) >= 11 is 0. The summed E-state index contributed by atoms with van der Waals surface area (Å²) in [5.74, 6) is -3.08. The second-order valence-corrected chi connectivity index (χ2v) is 11.0.